The molecule has 2 atom stereocenters. The van der Waals surface area contributed by atoms with Crippen molar-refractivity contribution in [2.24, 2.45) is 5.84 Å². The molecule has 1 aromatic carbocycles. The molecule has 0 spiro atoms. The molecule has 1 rings (SSSR count). The summed E-state index contributed by atoms with van der Waals surface area (Å²) < 4.78 is 19.1. The fraction of sp³-hybridized carbons (Fsp3) is 0.625. The zero-order valence-electron chi connectivity index (χ0n) is 13.7. The second-order valence-electron chi connectivity index (χ2n) is 5.37. The Labute approximate surface area is 127 Å². The first-order chi connectivity index (χ1) is 9.98. The van der Waals surface area contributed by atoms with Gasteiger partial charge in [0.15, 0.2) is 0 Å². The lowest BCUT2D eigenvalue weighted by atomic mass is 9.82. The van der Waals surface area contributed by atoms with Crippen LogP contribution in [-0.2, 0) is 0 Å². The van der Waals surface area contributed by atoms with Crippen molar-refractivity contribution >= 4 is 0 Å². The smallest absolute Gasteiger partial charge is 0.123 e. The molecule has 0 amide bonds. The first-order valence-corrected chi connectivity index (χ1v) is 7.53. The van der Waals surface area contributed by atoms with Crippen LogP contribution in [0.15, 0.2) is 18.2 Å². The van der Waals surface area contributed by atoms with Gasteiger partial charge in [0.05, 0.1) is 13.2 Å². The van der Waals surface area contributed by atoms with Gasteiger partial charge in [0.1, 0.15) is 11.6 Å². The first kappa shape index (κ1) is 17.9. The number of methoxy groups -OCH3 is 1. The van der Waals surface area contributed by atoms with E-state index in [0.717, 1.165) is 25.1 Å². The minimum atomic E-state index is -0.288. The van der Waals surface area contributed by atoms with E-state index in [1.54, 1.807) is 13.2 Å². The van der Waals surface area contributed by atoms with E-state index in [2.05, 4.69) is 38.0 Å². The molecule has 0 aliphatic heterocycles. The molecule has 0 radical (unpaired) electrons. The van der Waals surface area contributed by atoms with Gasteiger partial charge >= 0.3 is 0 Å². The Hall–Kier alpha value is -1.17. The van der Waals surface area contributed by atoms with Crippen LogP contribution in [0.4, 0.5) is 4.39 Å². The molecule has 0 aliphatic carbocycles. The van der Waals surface area contributed by atoms with Crippen LogP contribution in [-0.4, -0.2) is 30.6 Å². The maximum absolute atomic E-state index is 13.7. The fourth-order valence-electron chi connectivity index (χ4n) is 3.09. The zero-order valence-corrected chi connectivity index (χ0v) is 13.7. The number of hydrogen-bond acceptors (Lipinski definition) is 4. The van der Waals surface area contributed by atoms with Crippen molar-refractivity contribution in [2.45, 2.75) is 45.7 Å². The van der Waals surface area contributed by atoms with Crippen molar-refractivity contribution in [1.29, 1.82) is 0 Å². The van der Waals surface area contributed by atoms with Crippen LogP contribution in [0.3, 0.4) is 0 Å². The third kappa shape index (κ3) is 3.54. The highest BCUT2D eigenvalue weighted by atomic mass is 19.1. The topological polar surface area (TPSA) is 50.5 Å². The summed E-state index contributed by atoms with van der Waals surface area (Å²) in [4.78, 5) is 2.34. The molecule has 0 aromatic heterocycles. The van der Waals surface area contributed by atoms with E-state index < -0.39 is 0 Å². The summed E-state index contributed by atoms with van der Waals surface area (Å²) in [5, 5.41) is 0. The largest absolute Gasteiger partial charge is 0.496 e. The predicted molar refractivity (Wildman–Crippen MR) is 84.6 cm³/mol. The maximum Gasteiger partial charge on any atom is 0.123 e. The molecule has 120 valence electrons. The number of hydrogen-bond donors (Lipinski definition) is 2. The Balaban J connectivity index is 3.36. The summed E-state index contributed by atoms with van der Waals surface area (Å²) in [5.41, 5.74) is 3.38. The number of nitrogens with one attached hydrogen (secondary N) is 1. The number of likely N-dealkylation sites (N-methyl/N-ethyl adjacent to an activating group) is 1. The van der Waals surface area contributed by atoms with E-state index in [9.17, 15) is 4.39 Å². The van der Waals surface area contributed by atoms with Crippen LogP contribution < -0.4 is 16.0 Å². The van der Waals surface area contributed by atoms with Crippen molar-refractivity contribution in [1.82, 2.24) is 10.3 Å². The highest BCUT2D eigenvalue weighted by Crippen LogP contribution is 2.38. The molecule has 0 aliphatic rings. The quantitative estimate of drug-likeness (QED) is 0.572. The second-order valence-corrected chi connectivity index (χ2v) is 5.37. The predicted octanol–water partition coefficient (Wildman–Crippen LogP) is 2.85. The van der Waals surface area contributed by atoms with Crippen LogP contribution in [0.2, 0.25) is 0 Å². The molecule has 1 aromatic rings. The molecular weight excluding hydrogens is 269 g/mol. The van der Waals surface area contributed by atoms with Crippen molar-refractivity contribution in [3.63, 3.8) is 0 Å². The van der Waals surface area contributed by atoms with Crippen molar-refractivity contribution in [3.05, 3.63) is 29.6 Å². The Kier molecular flexibility index (Phi) is 6.58. The van der Waals surface area contributed by atoms with Gasteiger partial charge in [-0.15, -0.1) is 0 Å². The number of hydrazine groups is 1. The average molecular weight is 297 g/mol. The van der Waals surface area contributed by atoms with Crippen molar-refractivity contribution < 1.29 is 9.13 Å². The van der Waals surface area contributed by atoms with E-state index in [4.69, 9.17) is 10.6 Å². The molecule has 0 heterocycles. The Morgan fingerprint density at radius 2 is 1.95 bits per heavy atom. The van der Waals surface area contributed by atoms with E-state index >= 15 is 0 Å². The lowest BCUT2D eigenvalue weighted by Gasteiger charge is -2.45. The van der Waals surface area contributed by atoms with Crippen LogP contribution in [0.5, 0.6) is 5.75 Å². The fourth-order valence-corrected chi connectivity index (χ4v) is 3.09. The minimum Gasteiger partial charge on any atom is -0.496 e. The van der Waals surface area contributed by atoms with Gasteiger partial charge < -0.3 is 4.74 Å². The molecule has 2 unspecified atom stereocenters. The SMILES string of the molecule is CCN(CC)C(C)(CC)C(NN)c1cc(F)ccc1OC. The Morgan fingerprint density at radius 1 is 1.33 bits per heavy atom. The molecule has 0 bridgehead atoms. The second kappa shape index (κ2) is 7.73. The van der Waals surface area contributed by atoms with Gasteiger partial charge in [-0.2, -0.15) is 0 Å². The molecule has 21 heavy (non-hydrogen) atoms. The van der Waals surface area contributed by atoms with Crippen LogP contribution >= 0.6 is 0 Å². The molecule has 0 saturated heterocycles. The van der Waals surface area contributed by atoms with Crippen LogP contribution in [0, 0.1) is 5.82 Å². The van der Waals surface area contributed by atoms with E-state index in [-0.39, 0.29) is 17.4 Å². The van der Waals surface area contributed by atoms with Gasteiger partial charge in [-0.25, -0.2) is 4.39 Å². The third-order valence-electron chi connectivity index (χ3n) is 4.49. The lowest BCUT2D eigenvalue weighted by molar-refractivity contribution is 0.0687. The number of nitrogens with two attached hydrogens (primary N) is 1. The Morgan fingerprint density at radius 3 is 2.38 bits per heavy atom. The molecule has 0 saturated carbocycles. The lowest BCUT2D eigenvalue weighted by Crippen LogP contribution is -2.55. The number of rotatable bonds is 8. The molecular formula is C16H28FN3O. The van der Waals surface area contributed by atoms with Crippen molar-refractivity contribution in [3.8, 4) is 5.75 Å². The third-order valence-corrected chi connectivity index (χ3v) is 4.49. The minimum absolute atomic E-state index is 0.229. The van der Waals surface area contributed by atoms with Crippen molar-refractivity contribution in [2.75, 3.05) is 20.2 Å². The summed E-state index contributed by atoms with van der Waals surface area (Å²) in [6.45, 7) is 10.3. The number of nitrogens with zero attached hydrogens (tertiary/aromatic N) is 1. The monoisotopic (exact) mass is 297 g/mol. The number of ether oxygens (including phenoxy) is 1. The van der Waals surface area contributed by atoms with Gasteiger partial charge in [-0.1, -0.05) is 20.8 Å². The zero-order chi connectivity index (χ0) is 16.0. The first-order valence-electron chi connectivity index (χ1n) is 7.53. The van der Waals surface area contributed by atoms with E-state index in [0.29, 0.717) is 5.75 Å². The number of halogens is 1. The van der Waals surface area contributed by atoms with Crippen LogP contribution in [0.25, 0.3) is 0 Å². The summed E-state index contributed by atoms with van der Waals surface area (Å²) >= 11 is 0. The summed E-state index contributed by atoms with van der Waals surface area (Å²) in [6, 6.07) is 4.32. The average Bonchev–Trinajstić information content (AvgIpc) is 2.49. The highest BCUT2D eigenvalue weighted by molar-refractivity contribution is 5.38. The number of benzene rings is 1. The van der Waals surface area contributed by atoms with Gasteiger partial charge in [-0.3, -0.25) is 16.2 Å². The molecule has 0 fully saturated rings. The van der Waals surface area contributed by atoms with Gasteiger partial charge in [-0.05, 0) is 44.6 Å². The standard InChI is InChI=1S/C16H28FN3O/c1-6-16(4,20(7-2)8-3)15(19-18)13-11-12(17)9-10-14(13)21-5/h9-11,15,19H,6-8,18H2,1-5H3. The molecule has 5 heteroatoms. The maximum atomic E-state index is 13.7. The van der Waals surface area contributed by atoms with Gasteiger partial charge in [0.2, 0.25) is 0 Å². The van der Waals surface area contributed by atoms with E-state index in [1.807, 2.05) is 0 Å². The summed E-state index contributed by atoms with van der Waals surface area (Å²) in [7, 11) is 1.59. The normalized spacial score (nSPS) is 15.8. The highest BCUT2D eigenvalue weighted by Gasteiger charge is 2.39. The Bertz CT molecular complexity index is 451. The summed E-state index contributed by atoms with van der Waals surface area (Å²) in [6.07, 6.45) is 0.878. The van der Waals surface area contributed by atoms with Gasteiger partial charge in [0, 0.05) is 11.1 Å². The van der Waals surface area contributed by atoms with E-state index in [1.165, 1.54) is 12.1 Å². The summed E-state index contributed by atoms with van der Waals surface area (Å²) in [5.74, 6) is 6.19. The van der Waals surface area contributed by atoms with Crippen LogP contribution in [0.1, 0.15) is 45.7 Å². The van der Waals surface area contributed by atoms with Gasteiger partial charge in [0.25, 0.3) is 0 Å². The molecule has 3 N–H and O–H groups in total. The molecule has 4 nitrogen and oxygen atoms in total.